The zero-order valence-electron chi connectivity index (χ0n) is 20.9. The van der Waals surface area contributed by atoms with Crippen LogP contribution >= 0.6 is 0 Å². The summed E-state index contributed by atoms with van der Waals surface area (Å²) in [4.78, 5) is 18.5. The van der Waals surface area contributed by atoms with Crippen LogP contribution < -0.4 is 4.74 Å². The zero-order valence-corrected chi connectivity index (χ0v) is 20.9. The molecule has 1 spiro atoms. The Morgan fingerprint density at radius 1 is 1.06 bits per heavy atom. The summed E-state index contributed by atoms with van der Waals surface area (Å²) in [5, 5.41) is 10.2. The molecule has 1 N–H and O–H groups in total. The number of amides is 1. The lowest BCUT2D eigenvalue weighted by molar-refractivity contribution is 0.0541. The van der Waals surface area contributed by atoms with E-state index in [0.29, 0.717) is 18.2 Å². The Labute approximate surface area is 213 Å². The maximum absolute atomic E-state index is 13.9. The molecule has 3 aliphatic rings. The molecular weight excluding hydrogens is 448 g/mol. The van der Waals surface area contributed by atoms with Crippen molar-refractivity contribution in [3.8, 4) is 11.5 Å². The largest absolute Gasteiger partial charge is 0.508 e. The minimum Gasteiger partial charge on any atom is -0.508 e. The highest BCUT2D eigenvalue weighted by Gasteiger charge is 2.56. The Morgan fingerprint density at radius 2 is 1.83 bits per heavy atom. The topological polar surface area (TPSA) is 53.0 Å². The zero-order chi connectivity index (χ0) is 24.7. The molecule has 2 atom stereocenters. The maximum Gasteiger partial charge on any atom is 0.255 e. The third-order valence-electron chi connectivity index (χ3n) is 8.31. The fraction of sp³-hybridized carbons (Fsp3) is 0.387. The van der Waals surface area contributed by atoms with Crippen LogP contribution in [0.1, 0.15) is 65.7 Å². The van der Waals surface area contributed by atoms with Crippen LogP contribution in [0.25, 0.3) is 0 Å². The first-order valence-corrected chi connectivity index (χ1v) is 13.2. The molecule has 2 heterocycles. The Bertz CT molecular complexity index is 1240. The number of phenols is 1. The Kier molecular flexibility index (Phi) is 5.96. The molecule has 0 radical (unpaired) electrons. The maximum atomic E-state index is 13.9. The van der Waals surface area contributed by atoms with E-state index in [-0.39, 0.29) is 23.2 Å². The quantitative estimate of drug-likeness (QED) is 0.499. The van der Waals surface area contributed by atoms with Gasteiger partial charge in [-0.2, -0.15) is 0 Å². The molecule has 1 saturated heterocycles. The first-order chi connectivity index (χ1) is 17.5. The lowest BCUT2D eigenvalue weighted by Gasteiger charge is -2.44. The number of ether oxygens (including phenoxy) is 1. The number of benzene rings is 3. The summed E-state index contributed by atoms with van der Waals surface area (Å²) in [5.41, 5.74) is 3.81. The molecule has 1 aliphatic carbocycles. The number of carbonyl (C=O) groups excluding carboxylic acids is 1. The van der Waals surface area contributed by atoms with Gasteiger partial charge in [0.1, 0.15) is 18.1 Å². The predicted molar refractivity (Wildman–Crippen MR) is 140 cm³/mol. The molecule has 1 amide bonds. The molecule has 0 aromatic heterocycles. The number of rotatable bonds is 6. The van der Waals surface area contributed by atoms with Gasteiger partial charge in [-0.1, -0.05) is 36.4 Å². The Balaban J connectivity index is 1.30. The van der Waals surface area contributed by atoms with Crippen molar-refractivity contribution in [3.63, 3.8) is 0 Å². The second kappa shape index (κ2) is 9.29. The summed E-state index contributed by atoms with van der Waals surface area (Å²) in [7, 11) is 0. The smallest absolute Gasteiger partial charge is 0.255 e. The summed E-state index contributed by atoms with van der Waals surface area (Å²) in [6, 6.07) is 23.9. The van der Waals surface area contributed by atoms with Crippen LogP contribution in [0.4, 0.5) is 0 Å². The van der Waals surface area contributed by atoms with Gasteiger partial charge >= 0.3 is 0 Å². The highest BCUT2D eigenvalue weighted by atomic mass is 16.5. The average molecular weight is 483 g/mol. The molecule has 2 aliphatic heterocycles. The van der Waals surface area contributed by atoms with Crippen molar-refractivity contribution in [2.75, 3.05) is 19.7 Å². The molecule has 3 aromatic rings. The van der Waals surface area contributed by atoms with Gasteiger partial charge in [0, 0.05) is 23.7 Å². The molecule has 5 nitrogen and oxygen atoms in total. The van der Waals surface area contributed by atoms with Crippen molar-refractivity contribution in [3.05, 3.63) is 95.1 Å². The Morgan fingerprint density at radius 3 is 2.53 bits per heavy atom. The molecule has 36 heavy (non-hydrogen) atoms. The highest BCUT2D eigenvalue weighted by molar-refractivity contribution is 5.96. The normalized spacial score (nSPS) is 22.4. The number of aromatic hydroxyl groups is 1. The van der Waals surface area contributed by atoms with Gasteiger partial charge in [0.05, 0.1) is 6.04 Å². The van der Waals surface area contributed by atoms with Gasteiger partial charge < -0.3 is 14.7 Å². The van der Waals surface area contributed by atoms with Crippen LogP contribution in [0.2, 0.25) is 0 Å². The summed E-state index contributed by atoms with van der Waals surface area (Å²) < 4.78 is 6.09. The Hall–Kier alpha value is -3.31. The van der Waals surface area contributed by atoms with Crippen molar-refractivity contribution in [1.29, 1.82) is 0 Å². The van der Waals surface area contributed by atoms with Crippen molar-refractivity contribution in [2.24, 2.45) is 0 Å². The molecule has 186 valence electrons. The average Bonchev–Trinajstić information content (AvgIpc) is 3.54. The lowest BCUT2D eigenvalue weighted by atomic mass is 9.82. The van der Waals surface area contributed by atoms with E-state index in [9.17, 15) is 9.90 Å². The van der Waals surface area contributed by atoms with Crippen molar-refractivity contribution in [2.45, 2.75) is 56.7 Å². The lowest BCUT2D eigenvalue weighted by Crippen LogP contribution is -2.49. The summed E-state index contributed by atoms with van der Waals surface area (Å²) in [6.45, 7) is 5.08. The number of hydrogen-bond donors (Lipinski definition) is 1. The first-order valence-electron chi connectivity index (χ1n) is 13.2. The standard InChI is InChI=1S/C31H34N2O3/c1-22-6-5-17-32(22)18-19-36-27-12-9-23(10-13-27)29-28-14-11-26(34)20-25(28)21-31(15-16-31)33(29)30(35)24-7-3-2-4-8-24/h2-4,7-14,20,22,29,34H,5-6,15-19,21H2,1H3. The van der Waals surface area contributed by atoms with Gasteiger partial charge in [-0.05, 0) is 98.7 Å². The molecule has 6 rings (SSSR count). The van der Waals surface area contributed by atoms with Crippen LogP contribution in [0, 0.1) is 0 Å². The van der Waals surface area contributed by atoms with Gasteiger partial charge in [0.25, 0.3) is 5.91 Å². The molecule has 2 fully saturated rings. The van der Waals surface area contributed by atoms with Crippen LogP contribution in [-0.2, 0) is 6.42 Å². The van der Waals surface area contributed by atoms with E-state index < -0.39 is 0 Å². The summed E-state index contributed by atoms with van der Waals surface area (Å²) >= 11 is 0. The number of hydrogen-bond acceptors (Lipinski definition) is 4. The third kappa shape index (κ3) is 4.26. The number of phenolic OH excluding ortho intramolecular Hbond substituents is 1. The monoisotopic (exact) mass is 482 g/mol. The van der Waals surface area contributed by atoms with E-state index in [1.165, 1.54) is 12.8 Å². The van der Waals surface area contributed by atoms with Gasteiger partial charge in [0.2, 0.25) is 0 Å². The van der Waals surface area contributed by atoms with Crippen molar-refractivity contribution in [1.82, 2.24) is 9.80 Å². The van der Waals surface area contributed by atoms with E-state index in [0.717, 1.165) is 54.8 Å². The van der Waals surface area contributed by atoms with E-state index in [2.05, 4.69) is 28.9 Å². The van der Waals surface area contributed by atoms with Gasteiger partial charge in [0.15, 0.2) is 0 Å². The van der Waals surface area contributed by atoms with Crippen LogP contribution in [0.5, 0.6) is 11.5 Å². The number of nitrogens with zero attached hydrogens (tertiary/aromatic N) is 2. The van der Waals surface area contributed by atoms with E-state index in [1.807, 2.05) is 54.6 Å². The van der Waals surface area contributed by atoms with E-state index in [1.54, 1.807) is 6.07 Å². The molecule has 0 bridgehead atoms. The minimum atomic E-state index is -0.205. The summed E-state index contributed by atoms with van der Waals surface area (Å²) in [6.07, 6.45) is 5.29. The second-order valence-corrected chi connectivity index (χ2v) is 10.7. The van der Waals surface area contributed by atoms with Crippen LogP contribution in [0.3, 0.4) is 0 Å². The number of likely N-dealkylation sites (tertiary alicyclic amines) is 1. The highest BCUT2D eigenvalue weighted by Crippen LogP contribution is 2.55. The summed E-state index contributed by atoms with van der Waals surface area (Å²) in [5.74, 6) is 1.20. The van der Waals surface area contributed by atoms with Crippen molar-refractivity contribution < 1.29 is 14.6 Å². The number of fused-ring (bicyclic) bond motifs is 1. The second-order valence-electron chi connectivity index (χ2n) is 10.7. The first kappa shape index (κ1) is 23.1. The molecule has 3 aromatic carbocycles. The van der Waals surface area contributed by atoms with Gasteiger partial charge in [-0.3, -0.25) is 9.69 Å². The van der Waals surface area contributed by atoms with Crippen molar-refractivity contribution >= 4 is 5.91 Å². The van der Waals surface area contributed by atoms with Gasteiger partial charge in [-0.25, -0.2) is 0 Å². The predicted octanol–water partition coefficient (Wildman–Crippen LogP) is 5.58. The third-order valence-corrected chi connectivity index (χ3v) is 8.31. The molecule has 5 heteroatoms. The van der Waals surface area contributed by atoms with E-state index in [4.69, 9.17) is 4.74 Å². The minimum absolute atomic E-state index is 0.0666. The molecule has 2 unspecified atom stereocenters. The molecule has 1 saturated carbocycles. The molecular formula is C31H34N2O3. The van der Waals surface area contributed by atoms with Crippen LogP contribution in [-0.4, -0.2) is 52.1 Å². The number of carbonyl (C=O) groups is 1. The van der Waals surface area contributed by atoms with Gasteiger partial charge in [-0.15, -0.1) is 0 Å². The van der Waals surface area contributed by atoms with E-state index >= 15 is 0 Å². The fourth-order valence-electron chi connectivity index (χ4n) is 6.16. The SMILES string of the molecule is CC1CCCN1CCOc1ccc(C2c3ccc(O)cc3CC3(CC3)N2C(=O)c2ccccc2)cc1. The fourth-order valence-corrected chi connectivity index (χ4v) is 6.16. The van der Waals surface area contributed by atoms with Crippen LogP contribution in [0.15, 0.2) is 72.8 Å².